The van der Waals surface area contributed by atoms with Crippen LogP contribution in [0.15, 0.2) is 65.6 Å². The first kappa shape index (κ1) is 16.1. The lowest BCUT2D eigenvalue weighted by Gasteiger charge is -2.16. The molecule has 0 radical (unpaired) electrons. The van der Waals surface area contributed by atoms with Gasteiger partial charge < -0.3 is 10.6 Å². The van der Waals surface area contributed by atoms with E-state index >= 15 is 0 Å². The fourth-order valence-electron chi connectivity index (χ4n) is 3.14. The van der Waals surface area contributed by atoms with Gasteiger partial charge in [-0.05, 0) is 30.2 Å². The molecule has 23 heavy (non-hydrogen) atoms. The van der Waals surface area contributed by atoms with Crippen molar-refractivity contribution in [2.45, 2.75) is 10.8 Å². The molecule has 3 nitrogen and oxygen atoms in total. The molecule has 4 heteroatoms. The Kier molecular flexibility index (Phi) is 5.36. The summed E-state index contributed by atoms with van der Waals surface area (Å²) in [7, 11) is 0. The van der Waals surface area contributed by atoms with E-state index in [2.05, 4.69) is 24.3 Å². The standard InChI is InChI=1S/C19H22N2OS/c20-11-16-12-21(13-18(16)15-7-3-1-4-8-15)19(22)14-23-17-9-5-2-6-10-17/h1-10,16,18H,11-14,20H2/t16-,18+/m1/s1. The van der Waals surface area contributed by atoms with E-state index in [0.717, 1.165) is 18.0 Å². The van der Waals surface area contributed by atoms with Crippen LogP contribution < -0.4 is 5.73 Å². The van der Waals surface area contributed by atoms with Gasteiger partial charge in [-0.2, -0.15) is 0 Å². The van der Waals surface area contributed by atoms with E-state index in [-0.39, 0.29) is 5.91 Å². The highest BCUT2D eigenvalue weighted by atomic mass is 32.2. The Morgan fingerprint density at radius 2 is 1.70 bits per heavy atom. The largest absolute Gasteiger partial charge is 0.341 e. The van der Waals surface area contributed by atoms with Crippen LogP contribution in [-0.2, 0) is 4.79 Å². The van der Waals surface area contributed by atoms with Crippen molar-refractivity contribution in [3.8, 4) is 0 Å². The van der Waals surface area contributed by atoms with Crippen molar-refractivity contribution in [2.75, 3.05) is 25.4 Å². The van der Waals surface area contributed by atoms with E-state index in [1.165, 1.54) is 5.56 Å². The molecule has 1 saturated heterocycles. The number of amides is 1. The van der Waals surface area contributed by atoms with Crippen molar-refractivity contribution in [1.29, 1.82) is 0 Å². The Balaban J connectivity index is 1.61. The summed E-state index contributed by atoms with van der Waals surface area (Å²) in [5, 5.41) is 0. The van der Waals surface area contributed by atoms with E-state index in [1.807, 2.05) is 41.3 Å². The minimum atomic E-state index is 0.204. The SMILES string of the molecule is NC[C@@H]1CN(C(=O)CSc2ccccc2)C[C@H]1c1ccccc1. The second-order valence-corrected chi connectivity index (χ2v) is 6.96. The molecule has 0 bridgehead atoms. The summed E-state index contributed by atoms with van der Waals surface area (Å²) in [6.45, 7) is 2.17. The van der Waals surface area contributed by atoms with Gasteiger partial charge >= 0.3 is 0 Å². The fraction of sp³-hybridized carbons (Fsp3) is 0.316. The van der Waals surface area contributed by atoms with Gasteiger partial charge in [0.25, 0.3) is 0 Å². The summed E-state index contributed by atoms with van der Waals surface area (Å²) in [5.41, 5.74) is 7.23. The van der Waals surface area contributed by atoms with Crippen LogP contribution >= 0.6 is 11.8 Å². The average Bonchev–Trinajstić information content (AvgIpc) is 3.06. The Hall–Kier alpha value is -1.78. The number of nitrogens with zero attached hydrogens (tertiary/aromatic N) is 1. The fourth-order valence-corrected chi connectivity index (χ4v) is 3.97. The second-order valence-electron chi connectivity index (χ2n) is 5.91. The normalized spacial score (nSPS) is 20.7. The smallest absolute Gasteiger partial charge is 0.232 e. The predicted octanol–water partition coefficient (Wildman–Crippen LogP) is 2.98. The van der Waals surface area contributed by atoms with Gasteiger partial charge in [0.1, 0.15) is 0 Å². The van der Waals surface area contributed by atoms with E-state index in [1.54, 1.807) is 11.8 Å². The number of likely N-dealkylation sites (tertiary alicyclic amines) is 1. The lowest BCUT2D eigenvalue weighted by Crippen LogP contribution is -2.31. The molecule has 0 aromatic heterocycles. The molecule has 1 aliphatic heterocycles. The zero-order chi connectivity index (χ0) is 16.1. The molecule has 0 saturated carbocycles. The van der Waals surface area contributed by atoms with Gasteiger partial charge in [-0.1, -0.05) is 48.5 Å². The predicted molar refractivity (Wildman–Crippen MR) is 95.5 cm³/mol. The Bertz CT molecular complexity index is 632. The Labute approximate surface area is 141 Å². The van der Waals surface area contributed by atoms with E-state index in [4.69, 9.17) is 5.73 Å². The highest BCUT2D eigenvalue weighted by Gasteiger charge is 2.34. The van der Waals surface area contributed by atoms with Crippen molar-refractivity contribution >= 4 is 17.7 Å². The first-order valence-electron chi connectivity index (χ1n) is 7.98. The number of benzene rings is 2. The Morgan fingerprint density at radius 1 is 1.04 bits per heavy atom. The first-order chi connectivity index (χ1) is 11.3. The number of carbonyl (C=O) groups excluding carboxylic acids is 1. The molecule has 2 aromatic rings. The zero-order valence-corrected chi connectivity index (χ0v) is 13.9. The molecule has 0 unspecified atom stereocenters. The van der Waals surface area contributed by atoms with Crippen molar-refractivity contribution in [1.82, 2.24) is 4.90 Å². The molecule has 1 fully saturated rings. The summed E-state index contributed by atoms with van der Waals surface area (Å²) in [4.78, 5) is 15.6. The van der Waals surface area contributed by atoms with E-state index in [0.29, 0.717) is 24.1 Å². The van der Waals surface area contributed by atoms with Crippen LogP contribution in [0.4, 0.5) is 0 Å². The molecule has 2 N–H and O–H groups in total. The van der Waals surface area contributed by atoms with E-state index in [9.17, 15) is 4.79 Å². The number of hydrogen-bond acceptors (Lipinski definition) is 3. The molecular formula is C19H22N2OS. The Morgan fingerprint density at radius 3 is 2.35 bits per heavy atom. The third-order valence-electron chi connectivity index (χ3n) is 4.43. The summed E-state index contributed by atoms with van der Waals surface area (Å²) >= 11 is 1.60. The summed E-state index contributed by atoms with van der Waals surface area (Å²) in [6, 6.07) is 20.5. The number of hydrogen-bond donors (Lipinski definition) is 1. The summed E-state index contributed by atoms with van der Waals surface area (Å²) < 4.78 is 0. The molecule has 0 aliphatic carbocycles. The lowest BCUT2D eigenvalue weighted by atomic mass is 9.89. The van der Waals surface area contributed by atoms with Gasteiger partial charge in [0.2, 0.25) is 5.91 Å². The van der Waals surface area contributed by atoms with Gasteiger partial charge in [0, 0.05) is 23.9 Å². The average molecular weight is 326 g/mol. The minimum Gasteiger partial charge on any atom is -0.341 e. The zero-order valence-electron chi connectivity index (χ0n) is 13.1. The van der Waals surface area contributed by atoms with Crippen LogP contribution in [0.1, 0.15) is 11.5 Å². The topological polar surface area (TPSA) is 46.3 Å². The molecule has 2 atom stereocenters. The molecule has 1 heterocycles. The van der Waals surface area contributed by atoms with E-state index < -0.39 is 0 Å². The first-order valence-corrected chi connectivity index (χ1v) is 8.97. The molecule has 3 rings (SSSR count). The number of carbonyl (C=O) groups is 1. The van der Waals surface area contributed by atoms with Crippen LogP contribution in [0.25, 0.3) is 0 Å². The highest BCUT2D eigenvalue weighted by molar-refractivity contribution is 8.00. The van der Waals surface area contributed by atoms with Gasteiger partial charge in [0.05, 0.1) is 5.75 Å². The minimum absolute atomic E-state index is 0.204. The monoisotopic (exact) mass is 326 g/mol. The van der Waals surface area contributed by atoms with Crippen molar-refractivity contribution in [3.05, 3.63) is 66.2 Å². The number of nitrogens with two attached hydrogens (primary N) is 1. The van der Waals surface area contributed by atoms with Crippen LogP contribution in [-0.4, -0.2) is 36.2 Å². The highest BCUT2D eigenvalue weighted by Crippen LogP contribution is 2.32. The van der Waals surface area contributed by atoms with Crippen molar-refractivity contribution in [3.63, 3.8) is 0 Å². The summed E-state index contributed by atoms with van der Waals surface area (Å²) in [5.74, 6) is 1.40. The third kappa shape index (κ3) is 3.95. The quantitative estimate of drug-likeness (QED) is 0.859. The molecule has 120 valence electrons. The van der Waals surface area contributed by atoms with Crippen molar-refractivity contribution in [2.24, 2.45) is 11.7 Å². The second kappa shape index (κ2) is 7.66. The molecule has 0 spiro atoms. The maximum atomic E-state index is 12.5. The number of thioether (sulfide) groups is 1. The van der Waals surface area contributed by atoms with Gasteiger partial charge in [-0.25, -0.2) is 0 Å². The van der Waals surface area contributed by atoms with Crippen LogP contribution in [0, 0.1) is 5.92 Å². The van der Waals surface area contributed by atoms with Crippen LogP contribution in [0.3, 0.4) is 0 Å². The lowest BCUT2D eigenvalue weighted by molar-refractivity contribution is -0.127. The third-order valence-corrected chi connectivity index (χ3v) is 5.43. The van der Waals surface area contributed by atoms with Gasteiger partial charge in [0.15, 0.2) is 0 Å². The van der Waals surface area contributed by atoms with Crippen LogP contribution in [0.5, 0.6) is 0 Å². The summed E-state index contributed by atoms with van der Waals surface area (Å²) in [6.07, 6.45) is 0. The molecule has 1 amide bonds. The van der Waals surface area contributed by atoms with Crippen molar-refractivity contribution < 1.29 is 4.79 Å². The van der Waals surface area contributed by atoms with Gasteiger partial charge in [-0.15, -0.1) is 11.8 Å². The molecular weight excluding hydrogens is 304 g/mol. The maximum absolute atomic E-state index is 12.5. The van der Waals surface area contributed by atoms with Crippen LogP contribution in [0.2, 0.25) is 0 Å². The number of rotatable bonds is 5. The van der Waals surface area contributed by atoms with Gasteiger partial charge in [-0.3, -0.25) is 4.79 Å². The molecule has 2 aromatic carbocycles. The maximum Gasteiger partial charge on any atom is 0.232 e. The molecule has 1 aliphatic rings.